The Morgan fingerprint density at radius 1 is 1.30 bits per heavy atom. The Labute approximate surface area is 131 Å². The van der Waals surface area contributed by atoms with Gasteiger partial charge < -0.3 is 5.73 Å². The summed E-state index contributed by atoms with van der Waals surface area (Å²) in [7, 11) is 0. The maximum atomic E-state index is 13.8. The van der Waals surface area contributed by atoms with Crippen LogP contribution >= 0.6 is 0 Å². The van der Waals surface area contributed by atoms with E-state index in [2.05, 4.69) is 0 Å². The van der Waals surface area contributed by atoms with E-state index < -0.39 is 41.4 Å². The number of carbonyl (C=O) groups excluding carboxylic acids is 2. The fourth-order valence-corrected chi connectivity index (χ4v) is 3.61. The predicted octanol–water partition coefficient (Wildman–Crippen LogP) is 2.43. The molecule has 1 aliphatic carbocycles. The molecular formula is C16H16F3N2O2. The first-order valence-corrected chi connectivity index (χ1v) is 7.32. The number of nitrogens with two attached hydrogens (primary N) is 1. The number of anilines is 1. The van der Waals surface area contributed by atoms with Gasteiger partial charge in [-0.1, -0.05) is 6.07 Å². The molecule has 2 aliphatic rings. The second-order valence-corrected chi connectivity index (χ2v) is 6.29. The molecule has 1 unspecified atom stereocenters. The molecule has 1 heterocycles. The number of carbonyl (C=O) groups is 2. The Bertz CT molecular complexity index is 664. The van der Waals surface area contributed by atoms with Gasteiger partial charge in [0.15, 0.2) is 0 Å². The summed E-state index contributed by atoms with van der Waals surface area (Å²) in [5, 5.41) is 0. The molecule has 1 spiro atoms. The summed E-state index contributed by atoms with van der Waals surface area (Å²) < 4.78 is 41.1. The summed E-state index contributed by atoms with van der Waals surface area (Å²) in [6, 6.07) is 4.09. The number of halogens is 3. The van der Waals surface area contributed by atoms with Crippen LogP contribution in [0.4, 0.5) is 18.9 Å². The first-order chi connectivity index (χ1) is 10.7. The van der Waals surface area contributed by atoms with Crippen LogP contribution in [0.2, 0.25) is 0 Å². The number of benzene rings is 1. The highest BCUT2D eigenvalue weighted by molar-refractivity contribution is 6.06. The number of amides is 2. The zero-order valence-electron chi connectivity index (χ0n) is 12.3. The average molecular weight is 325 g/mol. The van der Waals surface area contributed by atoms with Crippen LogP contribution in [0.25, 0.3) is 0 Å². The van der Waals surface area contributed by atoms with Crippen molar-refractivity contribution in [3.8, 4) is 0 Å². The molecule has 3 rings (SSSR count). The molecule has 2 atom stereocenters. The van der Waals surface area contributed by atoms with E-state index in [0.29, 0.717) is 0 Å². The highest BCUT2D eigenvalue weighted by Crippen LogP contribution is 2.52. The predicted molar refractivity (Wildman–Crippen MR) is 77.0 cm³/mol. The first-order valence-electron chi connectivity index (χ1n) is 7.32. The number of hydrogen-bond donors (Lipinski definition) is 1. The molecule has 0 aromatic heterocycles. The first kappa shape index (κ1) is 15.8. The number of alkyl halides is 2. The largest absolute Gasteiger partial charge is 0.368 e. The fraction of sp³-hybridized carbons (Fsp3) is 0.438. The van der Waals surface area contributed by atoms with Crippen molar-refractivity contribution in [1.29, 1.82) is 0 Å². The average Bonchev–Trinajstić information content (AvgIpc) is 2.71. The van der Waals surface area contributed by atoms with Crippen molar-refractivity contribution < 1.29 is 22.8 Å². The second kappa shape index (κ2) is 5.25. The Kier molecular flexibility index (Phi) is 3.61. The van der Waals surface area contributed by atoms with Crippen molar-refractivity contribution in [3.63, 3.8) is 0 Å². The third-order valence-corrected chi connectivity index (χ3v) is 4.56. The molecule has 1 aromatic rings. The van der Waals surface area contributed by atoms with Crippen LogP contribution in [0.5, 0.6) is 0 Å². The van der Waals surface area contributed by atoms with Crippen molar-refractivity contribution in [2.45, 2.75) is 37.6 Å². The smallest absolute Gasteiger partial charge is 0.249 e. The van der Waals surface area contributed by atoms with Crippen molar-refractivity contribution in [2.24, 2.45) is 11.1 Å². The molecule has 1 saturated heterocycles. The van der Waals surface area contributed by atoms with Crippen molar-refractivity contribution in [3.05, 3.63) is 36.5 Å². The van der Waals surface area contributed by atoms with Gasteiger partial charge in [0.1, 0.15) is 11.9 Å². The molecule has 2 N–H and O–H groups in total. The van der Waals surface area contributed by atoms with E-state index in [-0.39, 0.29) is 24.9 Å². The summed E-state index contributed by atoms with van der Waals surface area (Å²) >= 11 is 0. The normalized spacial score (nSPS) is 30.0. The van der Waals surface area contributed by atoms with Gasteiger partial charge in [0, 0.05) is 18.5 Å². The van der Waals surface area contributed by atoms with Crippen LogP contribution in [0.3, 0.4) is 0 Å². The lowest BCUT2D eigenvalue weighted by Crippen LogP contribution is -2.44. The van der Waals surface area contributed by atoms with Crippen molar-refractivity contribution in [2.75, 3.05) is 4.90 Å². The van der Waals surface area contributed by atoms with E-state index in [1.165, 1.54) is 24.6 Å². The van der Waals surface area contributed by atoms with Gasteiger partial charge in [-0.3, -0.25) is 14.5 Å². The quantitative estimate of drug-likeness (QED) is 0.908. The third-order valence-electron chi connectivity index (χ3n) is 4.56. The standard InChI is InChI=1S/C16H16F3N2O2/c17-10-3-1-4-11(7-10)21-12(13(20)22)8-15(14(21)23)5-2-6-16(18,19)9-15/h1-4,7,12H,5-6,8-9H2,(H2,20,22)/t12?,15-/m1/s1. The lowest BCUT2D eigenvalue weighted by Gasteiger charge is -2.36. The van der Waals surface area contributed by atoms with E-state index in [0.717, 1.165) is 11.0 Å². The molecule has 23 heavy (non-hydrogen) atoms. The zero-order valence-corrected chi connectivity index (χ0v) is 12.3. The SMILES string of the molecule is NC(=O)C1C[C@@]2(C[CH]CC(F)(F)C2)C(=O)N1c1cccc(F)c1. The molecule has 1 radical (unpaired) electrons. The summed E-state index contributed by atoms with van der Waals surface area (Å²) in [6.45, 7) is 0. The monoisotopic (exact) mass is 325 g/mol. The lowest BCUT2D eigenvalue weighted by atomic mass is 9.70. The lowest BCUT2D eigenvalue weighted by molar-refractivity contribution is -0.135. The molecule has 0 bridgehead atoms. The minimum absolute atomic E-state index is 0.0796. The minimum Gasteiger partial charge on any atom is -0.368 e. The van der Waals surface area contributed by atoms with Gasteiger partial charge in [-0.2, -0.15) is 0 Å². The van der Waals surface area contributed by atoms with Crippen LogP contribution in [0.1, 0.15) is 25.7 Å². The summed E-state index contributed by atoms with van der Waals surface area (Å²) in [5.74, 6) is -4.95. The molecule has 1 saturated carbocycles. The molecule has 2 fully saturated rings. The third kappa shape index (κ3) is 2.68. The van der Waals surface area contributed by atoms with Crippen LogP contribution in [0, 0.1) is 17.7 Å². The number of primary amides is 1. The molecule has 1 aliphatic heterocycles. The van der Waals surface area contributed by atoms with Crippen LogP contribution in [-0.2, 0) is 9.59 Å². The Hall–Kier alpha value is -2.05. The van der Waals surface area contributed by atoms with E-state index >= 15 is 0 Å². The number of nitrogens with zero attached hydrogens (tertiary/aromatic N) is 1. The van der Waals surface area contributed by atoms with Gasteiger partial charge in [0.25, 0.3) is 0 Å². The van der Waals surface area contributed by atoms with E-state index in [4.69, 9.17) is 5.73 Å². The molecule has 1 aromatic carbocycles. The van der Waals surface area contributed by atoms with E-state index in [9.17, 15) is 22.8 Å². The van der Waals surface area contributed by atoms with Crippen LogP contribution in [0.15, 0.2) is 24.3 Å². The van der Waals surface area contributed by atoms with Gasteiger partial charge in [0.2, 0.25) is 17.7 Å². The summed E-state index contributed by atoms with van der Waals surface area (Å²) in [4.78, 5) is 25.6. The number of rotatable bonds is 2. The van der Waals surface area contributed by atoms with Gasteiger partial charge >= 0.3 is 0 Å². The van der Waals surface area contributed by atoms with Gasteiger partial charge in [-0.25, -0.2) is 13.2 Å². The Morgan fingerprint density at radius 2 is 2.04 bits per heavy atom. The summed E-state index contributed by atoms with van der Waals surface area (Å²) in [5.41, 5.74) is 4.16. The molecule has 123 valence electrons. The highest BCUT2D eigenvalue weighted by atomic mass is 19.3. The van der Waals surface area contributed by atoms with E-state index in [1.54, 1.807) is 0 Å². The second-order valence-electron chi connectivity index (χ2n) is 6.29. The van der Waals surface area contributed by atoms with Gasteiger partial charge in [0.05, 0.1) is 5.41 Å². The Morgan fingerprint density at radius 3 is 2.65 bits per heavy atom. The van der Waals surface area contributed by atoms with Crippen LogP contribution < -0.4 is 10.6 Å². The zero-order chi connectivity index (χ0) is 16.8. The molecular weight excluding hydrogens is 309 g/mol. The number of hydrogen-bond acceptors (Lipinski definition) is 2. The molecule has 4 nitrogen and oxygen atoms in total. The van der Waals surface area contributed by atoms with Crippen molar-refractivity contribution in [1.82, 2.24) is 0 Å². The van der Waals surface area contributed by atoms with Gasteiger partial charge in [-0.15, -0.1) is 0 Å². The minimum atomic E-state index is -2.99. The molecule has 2 amide bonds. The van der Waals surface area contributed by atoms with Gasteiger partial charge in [-0.05, 0) is 37.5 Å². The molecule has 7 heteroatoms. The topological polar surface area (TPSA) is 63.4 Å². The van der Waals surface area contributed by atoms with E-state index in [1.807, 2.05) is 0 Å². The summed E-state index contributed by atoms with van der Waals surface area (Å²) in [6.07, 6.45) is 0.462. The fourth-order valence-electron chi connectivity index (χ4n) is 3.61. The maximum absolute atomic E-state index is 13.8. The Balaban J connectivity index is 2.02. The van der Waals surface area contributed by atoms with Crippen molar-refractivity contribution >= 4 is 17.5 Å². The maximum Gasteiger partial charge on any atom is 0.249 e. The van der Waals surface area contributed by atoms with Crippen LogP contribution in [-0.4, -0.2) is 23.8 Å². The highest BCUT2D eigenvalue weighted by Gasteiger charge is 2.59.